The first-order valence-corrected chi connectivity index (χ1v) is 6.04. The van der Waals surface area contributed by atoms with E-state index >= 15 is 0 Å². The van der Waals surface area contributed by atoms with Crippen molar-refractivity contribution in [3.8, 4) is 5.75 Å². The fraction of sp³-hybridized carbons (Fsp3) is 0.462. The van der Waals surface area contributed by atoms with Gasteiger partial charge in [0.15, 0.2) is 6.61 Å². The minimum absolute atomic E-state index is 0.0578. The zero-order valence-corrected chi connectivity index (χ0v) is 10.2. The summed E-state index contributed by atoms with van der Waals surface area (Å²) in [6, 6.07) is 4.54. The molecule has 1 aromatic carbocycles. The lowest BCUT2D eigenvalue weighted by Gasteiger charge is -2.16. The maximum Gasteiger partial charge on any atom is 0.416 e. The van der Waals surface area contributed by atoms with E-state index in [1.807, 2.05) is 0 Å². The van der Waals surface area contributed by atoms with Gasteiger partial charge in [0.2, 0.25) is 0 Å². The molecule has 0 atom stereocenters. The summed E-state index contributed by atoms with van der Waals surface area (Å²) in [5.74, 6) is -0.128. The van der Waals surface area contributed by atoms with Crippen molar-refractivity contribution in [1.82, 2.24) is 4.90 Å². The molecule has 1 aliphatic heterocycles. The Morgan fingerprint density at radius 2 is 1.95 bits per heavy atom. The molecule has 6 heteroatoms. The van der Waals surface area contributed by atoms with Gasteiger partial charge >= 0.3 is 6.18 Å². The van der Waals surface area contributed by atoms with Gasteiger partial charge in [0.05, 0.1) is 5.56 Å². The van der Waals surface area contributed by atoms with Gasteiger partial charge in [-0.2, -0.15) is 13.2 Å². The molecule has 0 aliphatic carbocycles. The van der Waals surface area contributed by atoms with Gasteiger partial charge in [0, 0.05) is 13.1 Å². The number of rotatable bonds is 3. The molecular weight excluding hydrogens is 259 g/mol. The molecule has 1 amide bonds. The van der Waals surface area contributed by atoms with Crippen molar-refractivity contribution in [2.24, 2.45) is 0 Å². The molecule has 1 heterocycles. The number of hydrogen-bond acceptors (Lipinski definition) is 2. The summed E-state index contributed by atoms with van der Waals surface area (Å²) in [5, 5.41) is 0. The van der Waals surface area contributed by atoms with E-state index in [9.17, 15) is 18.0 Å². The van der Waals surface area contributed by atoms with E-state index < -0.39 is 11.7 Å². The fourth-order valence-electron chi connectivity index (χ4n) is 1.97. The first-order chi connectivity index (χ1) is 8.97. The van der Waals surface area contributed by atoms with Crippen LogP contribution in [0.4, 0.5) is 13.2 Å². The molecule has 0 bridgehead atoms. The van der Waals surface area contributed by atoms with Crippen molar-refractivity contribution in [1.29, 1.82) is 0 Å². The van der Waals surface area contributed by atoms with Crippen LogP contribution in [-0.4, -0.2) is 30.5 Å². The van der Waals surface area contributed by atoms with Crippen molar-refractivity contribution in [3.05, 3.63) is 29.8 Å². The van der Waals surface area contributed by atoms with Crippen molar-refractivity contribution >= 4 is 5.91 Å². The SMILES string of the molecule is O=C(COc1cccc(C(F)(F)F)c1)N1CCCC1. The predicted octanol–water partition coefficient (Wildman–Crippen LogP) is 2.71. The van der Waals surface area contributed by atoms with E-state index in [0.717, 1.165) is 25.0 Å². The highest BCUT2D eigenvalue weighted by molar-refractivity contribution is 5.78. The third kappa shape index (κ3) is 3.62. The molecule has 0 N–H and O–H groups in total. The van der Waals surface area contributed by atoms with Gasteiger partial charge in [-0.1, -0.05) is 6.07 Å². The average molecular weight is 273 g/mol. The highest BCUT2D eigenvalue weighted by Gasteiger charge is 2.30. The number of halogens is 3. The summed E-state index contributed by atoms with van der Waals surface area (Å²) in [6.07, 6.45) is -2.47. The molecule has 1 aromatic rings. The number of hydrogen-bond donors (Lipinski definition) is 0. The zero-order chi connectivity index (χ0) is 13.9. The van der Waals surface area contributed by atoms with Crippen LogP contribution >= 0.6 is 0 Å². The number of benzene rings is 1. The van der Waals surface area contributed by atoms with Crippen LogP contribution in [0.3, 0.4) is 0 Å². The number of amides is 1. The molecule has 0 unspecified atom stereocenters. The van der Waals surface area contributed by atoms with Gasteiger partial charge in [-0.25, -0.2) is 0 Å². The van der Waals surface area contributed by atoms with Gasteiger partial charge < -0.3 is 9.64 Å². The third-order valence-electron chi connectivity index (χ3n) is 2.98. The van der Waals surface area contributed by atoms with Crippen LogP contribution in [0.15, 0.2) is 24.3 Å². The largest absolute Gasteiger partial charge is 0.484 e. The second-order valence-electron chi connectivity index (χ2n) is 4.40. The second-order valence-corrected chi connectivity index (χ2v) is 4.40. The van der Waals surface area contributed by atoms with Gasteiger partial charge in [-0.3, -0.25) is 4.79 Å². The molecule has 1 fully saturated rings. The number of likely N-dealkylation sites (tertiary alicyclic amines) is 1. The molecule has 3 nitrogen and oxygen atoms in total. The monoisotopic (exact) mass is 273 g/mol. The Bertz CT molecular complexity index is 453. The molecule has 1 saturated heterocycles. The number of carbonyl (C=O) groups is 1. The molecule has 0 aromatic heterocycles. The Labute approximate surface area is 109 Å². The lowest BCUT2D eigenvalue weighted by atomic mass is 10.2. The Morgan fingerprint density at radius 3 is 2.58 bits per heavy atom. The molecule has 0 radical (unpaired) electrons. The summed E-state index contributed by atoms with van der Waals surface area (Å²) in [5.41, 5.74) is -0.779. The summed E-state index contributed by atoms with van der Waals surface area (Å²) < 4.78 is 42.6. The minimum atomic E-state index is -4.40. The maximum absolute atomic E-state index is 12.5. The maximum atomic E-state index is 12.5. The fourth-order valence-corrected chi connectivity index (χ4v) is 1.97. The van der Waals surface area contributed by atoms with Crippen LogP contribution in [0, 0.1) is 0 Å². The number of ether oxygens (including phenoxy) is 1. The molecule has 0 saturated carbocycles. The zero-order valence-electron chi connectivity index (χ0n) is 10.2. The Hall–Kier alpha value is -1.72. The van der Waals surface area contributed by atoms with Crippen molar-refractivity contribution in [2.45, 2.75) is 19.0 Å². The highest BCUT2D eigenvalue weighted by atomic mass is 19.4. The van der Waals surface area contributed by atoms with Crippen LogP contribution in [0.25, 0.3) is 0 Å². The van der Waals surface area contributed by atoms with E-state index in [1.54, 1.807) is 4.90 Å². The standard InChI is InChI=1S/C13H14F3NO2/c14-13(15,16)10-4-3-5-11(8-10)19-9-12(18)17-6-1-2-7-17/h3-5,8H,1-2,6-7,9H2. The Morgan fingerprint density at radius 1 is 1.26 bits per heavy atom. The van der Waals surface area contributed by atoms with Crippen molar-refractivity contribution in [2.75, 3.05) is 19.7 Å². The summed E-state index contributed by atoms with van der Waals surface area (Å²) in [6.45, 7) is 1.18. The van der Waals surface area contributed by atoms with E-state index in [-0.39, 0.29) is 18.3 Å². The topological polar surface area (TPSA) is 29.5 Å². The van der Waals surface area contributed by atoms with E-state index in [2.05, 4.69) is 0 Å². The molecule has 19 heavy (non-hydrogen) atoms. The van der Waals surface area contributed by atoms with Crippen LogP contribution < -0.4 is 4.74 Å². The summed E-state index contributed by atoms with van der Waals surface area (Å²) >= 11 is 0. The molecular formula is C13H14F3NO2. The van der Waals surface area contributed by atoms with Gasteiger partial charge in [0.1, 0.15) is 5.75 Å². The number of alkyl halides is 3. The van der Waals surface area contributed by atoms with E-state index in [0.29, 0.717) is 13.1 Å². The van der Waals surface area contributed by atoms with Crippen LogP contribution in [-0.2, 0) is 11.0 Å². The Balaban J connectivity index is 1.94. The smallest absolute Gasteiger partial charge is 0.416 e. The average Bonchev–Trinajstić information content (AvgIpc) is 2.89. The van der Waals surface area contributed by atoms with Gasteiger partial charge in [-0.05, 0) is 31.0 Å². The van der Waals surface area contributed by atoms with Crippen LogP contribution in [0.1, 0.15) is 18.4 Å². The molecule has 104 valence electrons. The highest BCUT2D eigenvalue weighted by Crippen LogP contribution is 2.31. The van der Waals surface area contributed by atoms with Gasteiger partial charge in [0.25, 0.3) is 5.91 Å². The number of nitrogens with zero attached hydrogens (tertiary/aromatic N) is 1. The van der Waals surface area contributed by atoms with Crippen molar-refractivity contribution in [3.63, 3.8) is 0 Å². The predicted molar refractivity (Wildman–Crippen MR) is 62.8 cm³/mol. The first kappa shape index (κ1) is 13.7. The van der Waals surface area contributed by atoms with E-state index in [1.165, 1.54) is 12.1 Å². The third-order valence-corrected chi connectivity index (χ3v) is 2.98. The molecule has 2 rings (SSSR count). The second kappa shape index (κ2) is 5.50. The summed E-state index contributed by atoms with van der Waals surface area (Å²) in [7, 11) is 0. The summed E-state index contributed by atoms with van der Waals surface area (Å²) in [4.78, 5) is 13.3. The lowest BCUT2D eigenvalue weighted by Crippen LogP contribution is -2.32. The van der Waals surface area contributed by atoms with Gasteiger partial charge in [-0.15, -0.1) is 0 Å². The van der Waals surface area contributed by atoms with Crippen LogP contribution in [0.5, 0.6) is 5.75 Å². The van der Waals surface area contributed by atoms with Crippen molar-refractivity contribution < 1.29 is 22.7 Å². The number of carbonyl (C=O) groups excluding carboxylic acids is 1. The lowest BCUT2D eigenvalue weighted by molar-refractivity contribution is -0.137. The van der Waals surface area contributed by atoms with Crippen LogP contribution in [0.2, 0.25) is 0 Å². The normalized spacial score (nSPS) is 15.6. The van der Waals surface area contributed by atoms with E-state index in [4.69, 9.17) is 4.74 Å². The minimum Gasteiger partial charge on any atom is -0.484 e. The molecule has 0 spiro atoms. The first-order valence-electron chi connectivity index (χ1n) is 6.04. The quantitative estimate of drug-likeness (QED) is 0.847. The Kier molecular flexibility index (Phi) is 3.97. The molecule has 1 aliphatic rings.